The van der Waals surface area contributed by atoms with E-state index in [0.29, 0.717) is 12.2 Å². The lowest BCUT2D eigenvalue weighted by atomic mass is 10.1. The Morgan fingerprint density at radius 2 is 1.44 bits per heavy atom. The van der Waals surface area contributed by atoms with Crippen molar-refractivity contribution in [2.75, 3.05) is 66.7 Å². The van der Waals surface area contributed by atoms with Gasteiger partial charge >= 0.3 is 0 Å². The Morgan fingerprint density at radius 1 is 0.840 bits per heavy atom. The number of likely N-dealkylation sites (tertiary alicyclic amines) is 2. The van der Waals surface area contributed by atoms with Gasteiger partial charge in [-0.15, -0.1) is 0 Å². The van der Waals surface area contributed by atoms with E-state index in [4.69, 9.17) is 14.2 Å². The first-order valence-electron chi connectivity index (χ1n) is 10.4. The molecule has 5 heteroatoms. The number of rotatable bonds is 10. The van der Waals surface area contributed by atoms with E-state index in [1.54, 1.807) is 0 Å². The highest BCUT2D eigenvalue weighted by Gasteiger charge is 2.23. The van der Waals surface area contributed by atoms with Crippen LogP contribution in [0.4, 0.5) is 0 Å². The molecule has 0 aromatic heterocycles. The fourth-order valence-corrected chi connectivity index (χ4v) is 3.02. The lowest BCUT2D eigenvalue weighted by Gasteiger charge is -2.35. The zero-order valence-corrected chi connectivity index (χ0v) is 17.8. The Hall–Kier alpha value is -0.200. The zero-order chi connectivity index (χ0) is 18.9. The first kappa shape index (κ1) is 24.8. The number of likely N-dealkylation sites (N-methyl/N-ethyl adjacent to an activating group) is 1. The van der Waals surface area contributed by atoms with E-state index in [1.807, 2.05) is 34.8 Å². The zero-order valence-electron chi connectivity index (χ0n) is 17.8. The molecule has 0 unspecified atom stereocenters. The number of piperidine rings is 1. The van der Waals surface area contributed by atoms with Crippen LogP contribution in [0.1, 0.15) is 53.4 Å². The van der Waals surface area contributed by atoms with Gasteiger partial charge in [0.05, 0.1) is 12.2 Å². The van der Waals surface area contributed by atoms with Crippen molar-refractivity contribution in [1.29, 1.82) is 0 Å². The maximum absolute atomic E-state index is 5.73. The molecule has 2 rings (SSSR count). The third-order valence-corrected chi connectivity index (χ3v) is 4.45. The molecule has 2 saturated heterocycles. The highest BCUT2D eigenvalue weighted by molar-refractivity contribution is 4.77. The summed E-state index contributed by atoms with van der Waals surface area (Å²) in [6.07, 6.45) is 5.43. The van der Waals surface area contributed by atoms with Crippen LogP contribution in [0.2, 0.25) is 0 Å². The molecule has 0 aromatic carbocycles. The van der Waals surface area contributed by atoms with Crippen molar-refractivity contribution in [3.8, 4) is 0 Å². The third-order valence-electron chi connectivity index (χ3n) is 4.45. The van der Waals surface area contributed by atoms with Crippen molar-refractivity contribution < 1.29 is 14.2 Å². The Balaban J connectivity index is 0.00000134. The Morgan fingerprint density at radius 3 is 2.00 bits per heavy atom. The average molecular weight is 361 g/mol. The van der Waals surface area contributed by atoms with Crippen LogP contribution in [0, 0.1) is 0 Å². The van der Waals surface area contributed by atoms with Crippen molar-refractivity contribution in [3.05, 3.63) is 0 Å². The molecular weight excluding hydrogens is 316 g/mol. The summed E-state index contributed by atoms with van der Waals surface area (Å²) in [6.45, 7) is 16.2. The minimum Gasteiger partial charge on any atom is -0.381 e. The Kier molecular flexibility index (Phi) is 17.1. The fraction of sp³-hybridized carbons (Fsp3) is 1.00. The minimum atomic E-state index is 0.463. The standard InChI is InChI=1S/C16H32N2O3.2C2H6/c1-17-13-16(14-17)21-12-4-11-20-10-3-7-18-8-5-15(19-2)6-9-18;2*1-2/h15-16H,3-14H2,1-2H3;2*1-2H3. The molecule has 0 saturated carbocycles. The molecule has 2 fully saturated rings. The summed E-state index contributed by atoms with van der Waals surface area (Å²) in [5.41, 5.74) is 0. The van der Waals surface area contributed by atoms with Gasteiger partial charge in [-0.05, 0) is 32.7 Å². The predicted molar refractivity (Wildman–Crippen MR) is 106 cm³/mol. The van der Waals surface area contributed by atoms with E-state index < -0.39 is 0 Å². The third kappa shape index (κ3) is 11.9. The van der Waals surface area contributed by atoms with Crippen molar-refractivity contribution in [2.45, 2.75) is 65.6 Å². The van der Waals surface area contributed by atoms with Crippen molar-refractivity contribution in [1.82, 2.24) is 9.80 Å². The molecule has 2 aliphatic rings. The molecule has 0 aromatic rings. The first-order chi connectivity index (χ1) is 12.3. The van der Waals surface area contributed by atoms with E-state index in [9.17, 15) is 0 Å². The maximum atomic E-state index is 5.73. The van der Waals surface area contributed by atoms with Crippen LogP contribution in [-0.4, -0.2) is 88.7 Å². The summed E-state index contributed by atoms with van der Waals surface area (Å²) in [6, 6.07) is 0. The SMILES string of the molecule is CC.CC.COC1CCN(CCCOCCCOC2CN(C)C2)CC1. The van der Waals surface area contributed by atoms with E-state index in [0.717, 1.165) is 52.3 Å². The molecule has 152 valence electrons. The normalized spacial score (nSPS) is 19.4. The van der Waals surface area contributed by atoms with Gasteiger partial charge in [0.15, 0.2) is 0 Å². The fourth-order valence-electron chi connectivity index (χ4n) is 3.02. The molecule has 0 amide bonds. The summed E-state index contributed by atoms with van der Waals surface area (Å²) in [5, 5.41) is 0. The molecule has 2 aliphatic heterocycles. The van der Waals surface area contributed by atoms with Gasteiger partial charge in [-0.2, -0.15) is 0 Å². The van der Waals surface area contributed by atoms with Gasteiger partial charge in [0.2, 0.25) is 0 Å². The van der Waals surface area contributed by atoms with E-state index in [2.05, 4.69) is 16.8 Å². The van der Waals surface area contributed by atoms with Gasteiger partial charge in [0, 0.05) is 59.7 Å². The summed E-state index contributed by atoms with van der Waals surface area (Å²) in [4.78, 5) is 4.80. The number of ether oxygens (including phenoxy) is 3. The van der Waals surface area contributed by atoms with Gasteiger partial charge in [-0.3, -0.25) is 0 Å². The lowest BCUT2D eigenvalue weighted by molar-refractivity contribution is -0.0489. The quantitative estimate of drug-likeness (QED) is 0.559. The van der Waals surface area contributed by atoms with Crippen LogP contribution >= 0.6 is 0 Å². The lowest BCUT2D eigenvalue weighted by Crippen LogP contribution is -2.49. The minimum absolute atomic E-state index is 0.463. The summed E-state index contributed by atoms with van der Waals surface area (Å²) in [7, 11) is 3.95. The molecule has 0 atom stereocenters. The second-order valence-electron chi connectivity index (χ2n) is 6.31. The van der Waals surface area contributed by atoms with Crippen LogP contribution < -0.4 is 0 Å². The van der Waals surface area contributed by atoms with Crippen molar-refractivity contribution in [3.63, 3.8) is 0 Å². The maximum Gasteiger partial charge on any atom is 0.0828 e. The average Bonchev–Trinajstić information content (AvgIpc) is 2.66. The van der Waals surface area contributed by atoms with E-state index in [-0.39, 0.29) is 0 Å². The molecule has 0 aliphatic carbocycles. The summed E-state index contributed by atoms with van der Waals surface area (Å²) < 4.78 is 16.8. The van der Waals surface area contributed by atoms with Gasteiger partial charge in [0.25, 0.3) is 0 Å². The topological polar surface area (TPSA) is 34.2 Å². The highest BCUT2D eigenvalue weighted by Crippen LogP contribution is 2.12. The van der Waals surface area contributed by atoms with Crippen LogP contribution in [0.3, 0.4) is 0 Å². The molecule has 2 heterocycles. The largest absolute Gasteiger partial charge is 0.381 e. The van der Waals surface area contributed by atoms with Gasteiger partial charge in [-0.25, -0.2) is 0 Å². The second-order valence-corrected chi connectivity index (χ2v) is 6.31. The van der Waals surface area contributed by atoms with Gasteiger partial charge < -0.3 is 24.0 Å². The summed E-state index contributed by atoms with van der Waals surface area (Å²) >= 11 is 0. The highest BCUT2D eigenvalue weighted by atomic mass is 16.5. The monoisotopic (exact) mass is 360 g/mol. The number of nitrogens with zero attached hydrogens (tertiary/aromatic N) is 2. The molecule has 5 nitrogen and oxygen atoms in total. The number of hydrogen-bond donors (Lipinski definition) is 0. The van der Waals surface area contributed by atoms with Crippen LogP contribution in [0.25, 0.3) is 0 Å². The van der Waals surface area contributed by atoms with E-state index >= 15 is 0 Å². The smallest absolute Gasteiger partial charge is 0.0828 e. The number of hydrogen-bond acceptors (Lipinski definition) is 5. The van der Waals surface area contributed by atoms with Crippen molar-refractivity contribution >= 4 is 0 Å². The Bertz CT molecular complexity index is 266. The van der Waals surface area contributed by atoms with E-state index in [1.165, 1.54) is 25.9 Å². The molecule has 25 heavy (non-hydrogen) atoms. The Labute approximate surface area is 157 Å². The van der Waals surface area contributed by atoms with Gasteiger partial charge in [-0.1, -0.05) is 27.7 Å². The second kappa shape index (κ2) is 17.2. The molecular formula is C20H44N2O3. The van der Waals surface area contributed by atoms with Gasteiger partial charge in [0.1, 0.15) is 0 Å². The molecule has 0 N–H and O–H groups in total. The molecule has 0 radical (unpaired) electrons. The predicted octanol–water partition coefficient (Wildman–Crippen LogP) is 3.28. The van der Waals surface area contributed by atoms with Crippen LogP contribution in [0.5, 0.6) is 0 Å². The van der Waals surface area contributed by atoms with Crippen molar-refractivity contribution in [2.24, 2.45) is 0 Å². The molecule has 0 spiro atoms. The first-order valence-corrected chi connectivity index (χ1v) is 10.4. The summed E-state index contributed by atoms with van der Waals surface area (Å²) in [5.74, 6) is 0. The van der Waals surface area contributed by atoms with Crippen LogP contribution in [-0.2, 0) is 14.2 Å². The number of methoxy groups -OCH3 is 1. The van der Waals surface area contributed by atoms with Crippen LogP contribution in [0.15, 0.2) is 0 Å². The molecule has 0 bridgehead atoms.